The molecule has 1 aromatic rings. The lowest BCUT2D eigenvalue weighted by atomic mass is 10.1. The summed E-state index contributed by atoms with van der Waals surface area (Å²) in [6, 6.07) is 11.3. The standard InChI is InChI=1S/C22H34N4O.HI/c1-23-22(24-13-19-9-11-25(14-19)21-7-8-21)26-12-10-20(15-26)17-27-16-18-5-3-2-4-6-18;/h2-6,19-21H,7-17H2,1H3,(H,23,24);1H. The van der Waals surface area contributed by atoms with Gasteiger partial charge in [0, 0.05) is 45.2 Å². The predicted octanol–water partition coefficient (Wildman–Crippen LogP) is 3.20. The summed E-state index contributed by atoms with van der Waals surface area (Å²) in [5.74, 6) is 2.45. The van der Waals surface area contributed by atoms with Gasteiger partial charge in [0.1, 0.15) is 0 Å². The van der Waals surface area contributed by atoms with Crippen LogP contribution in [0.5, 0.6) is 0 Å². The zero-order chi connectivity index (χ0) is 18.5. The van der Waals surface area contributed by atoms with E-state index in [1.54, 1.807) is 0 Å². The maximum Gasteiger partial charge on any atom is 0.193 e. The molecule has 1 N–H and O–H groups in total. The van der Waals surface area contributed by atoms with Crippen LogP contribution >= 0.6 is 24.0 Å². The zero-order valence-corrected chi connectivity index (χ0v) is 19.4. The topological polar surface area (TPSA) is 40.1 Å². The molecule has 3 fully saturated rings. The van der Waals surface area contributed by atoms with Crippen molar-refractivity contribution in [2.75, 3.05) is 46.4 Å². The Hall–Kier alpha value is -0.860. The number of halogens is 1. The zero-order valence-electron chi connectivity index (χ0n) is 17.1. The third-order valence-corrected chi connectivity index (χ3v) is 6.19. The van der Waals surface area contributed by atoms with Crippen molar-refractivity contribution in [3.8, 4) is 0 Å². The van der Waals surface area contributed by atoms with Gasteiger partial charge in [-0.05, 0) is 43.7 Å². The molecule has 0 spiro atoms. The average Bonchev–Trinajstić information content (AvgIpc) is 3.26. The molecular weight excluding hydrogens is 463 g/mol. The molecule has 1 aliphatic carbocycles. The van der Waals surface area contributed by atoms with Crippen LogP contribution in [0.25, 0.3) is 0 Å². The Kier molecular flexibility index (Phi) is 8.41. The van der Waals surface area contributed by atoms with Crippen molar-refractivity contribution in [3.05, 3.63) is 35.9 Å². The number of aliphatic imine (C=N–C) groups is 1. The van der Waals surface area contributed by atoms with E-state index in [-0.39, 0.29) is 24.0 Å². The first kappa shape index (κ1) is 21.8. The number of rotatable bonds is 7. The minimum atomic E-state index is 0. The largest absolute Gasteiger partial charge is 0.376 e. The van der Waals surface area contributed by atoms with Gasteiger partial charge >= 0.3 is 0 Å². The molecule has 156 valence electrons. The van der Waals surface area contributed by atoms with Crippen LogP contribution < -0.4 is 5.32 Å². The Balaban J connectivity index is 0.00000225. The number of nitrogens with one attached hydrogen (secondary N) is 1. The molecule has 0 radical (unpaired) electrons. The van der Waals surface area contributed by atoms with Crippen LogP contribution in [0, 0.1) is 11.8 Å². The summed E-state index contributed by atoms with van der Waals surface area (Å²) in [7, 11) is 1.91. The first-order valence-electron chi connectivity index (χ1n) is 10.6. The molecule has 28 heavy (non-hydrogen) atoms. The Morgan fingerprint density at radius 2 is 1.86 bits per heavy atom. The van der Waals surface area contributed by atoms with E-state index in [1.165, 1.54) is 44.3 Å². The SMILES string of the molecule is CN=C(NCC1CCN(C2CC2)C1)N1CCC(COCc2ccccc2)C1.I. The van der Waals surface area contributed by atoms with E-state index in [2.05, 4.69) is 44.4 Å². The van der Waals surface area contributed by atoms with Crippen molar-refractivity contribution in [2.45, 2.75) is 38.3 Å². The van der Waals surface area contributed by atoms with Gasteiger partial charge in [-0.1, -0.05) is 30.3 Å². The lowest BCUT2D eigenvalue weighted by molar-refractivity contribution is 0.0906. The smallest absolute Gasteiger partial charge is 0.193 e. The molecule has 1 saturated carbocycles. The molecule has 2 atom stereocenters. The molecular formula is C22H35IN4O. The van der Waals surface area contributed by atoms with Crippen molar-refractivity contribution in [1.29, 1.82) is 0 Å². The van der Waals surface area contributed by atoms with E-state index >= 15 is 0 Å². The quantitative estimate of drug-likeness (QED) is 0.356. The van der Waals surface area contributed by atoms with E-state index < -0.39 is 0 Å². The lowest BCUT2D eigenvalue weighted by Crippen LogP contribution is -2.42. The number of guanidine groups is 1. The average molecular weight is 498 g/mol. The third kappa shape index (κ3) is 6.07. The van der Waals surface area contributed by atoms with Gasteiger partial charge in [-0.25, -0.2) is 0 Å². The van der Waals surface area contributed by atoms with Crippen molar-refractivity contribution < 1.29 is 4.74 Å². The maximum absolute atomic E-state index is 5.95. The summed E-state index contributed by atoms with van der Waals surface area (Å²) in [5, 5.41) is 3.64. The Bertz CT molecular complexity index is 622. The summed E-state index contributed by atoms with van der Waals surface area (Å²) < 4.78 is 5.95. The molecule has 2 heterocycles. The molecule has 6 heteroatoms. The first-order chi connectivity index (χ1) is 13.3. The molecule has 0 bridgehead atoms. The highest BCUT2D eigenvalue weighted by Crippen LogP contribution is 2.31. The number of benzene rings is 1. The van der Waals surface area contributed by atoms with Crippen molar-refractivity contribution in [3.63, 3.8) is 0 Å². The second kappa shape index (κ2) is 10.8. The number of likely N-dealkylation sites (tertiary alicyclic amines) is 2. The van der Waals surface area contributed by atoms with E-state index in [1.807, 2.05) is 13.1 Å². The molecule has 3 aliphatic rings. The highest BCUT2D eigenvalue weighted by Gasteiger charge is 2.34. The van der Waals surface area contributed by atoms with Gasteiger partial charge in [-0.15, -0.1) is 24.0 Å². The minimum absolute atomic E-state index is 0. The highest BCUT2D eigenvalue weighted by molar-refractivity contribution is 14.0. The predicted molar refractivity (Wildman–Crippen MR) is 125 cm³/mol. The summed E-state index contributed by atoms with van der Waals surface area (Å²) in [5.41, 5.74) is 1.25. The summed E-state index contributed by atoms with van der Waals surface area (Å²) >= 11 is 0. The van der Waals surface area contributed by atoms with Gasteiger partial charge in [0.2, 0.25) is 0 Å². The van der Waals surface area contributed by atoms with Crippen LogP contribution in [0.3, 0.4) is 0 Å². The van der Waals surface area contributed by atoms with Gasteiger partial charge in [0.25, 0.3) is 0 Å². The number of hydrogen-bond acceptors (Lipinski definition) is 3. The number of nitrogens with zero attached hydrogens (tertiary/aromatic N) is 3. The van der Waals surface area contributed by atoms with Crippen molar-refractivity contribution >= 4 is 29.9 Å². The molecule has 0 aromatic heterocycles. The van der Waals surface area contributed by atoms with E-state index in [0.717, 1.165) is 44.2 Å². The van der Waals surface area contributed by atoms with Crippen molar-refractivity contribution in [2.24, 2.45) is 16.8 Å². The van der Waals surface area contributed by atoms with Crippen LogP contribution in [0.2, 0.25) is 0 Å². The molecule has 2 unspecified atom stereocenters. The van der Waals surface area contributed by atoms with Crippen LogP contribution in [0.1, 0.15) is 31.2 Å². The van der Waals surface area contributed by atoms with E-state index in [0.29, 0.717) is 12.5 Å². The Morgan fingerprint density at radius 1 is 1.07 bits per heavy atom. The van der Waals surface area contributed by atoms with Gasteiger partial charge in [0.15, 0.2) is 5.96 Å². The fourth-order valence-electron chi connectivity index (χ4n) is 4.45. The molecule has 0 amide bonds. The summed E-state index contributed by atoms with van der Waals surface area (Å²) in [6.45, 7) is 7.29. The van der Waals surface area contributed by atoms with Gasteiger partial charge in [-0.3, -0.25) is 4.99 Å². The normalized spacial score (nSPS) is 25.8. The third-order valence-electron chi connectivity index (χ3n) is 6.19. The minimum Gasteiger partial charge on any atom is -0.376 e. The molecule has 4 rings (SSSR count). The fraction of sp³-hybridized carbons (Fsp3) is 0.682. The monoisotopic (exact) mass is 498 g/mol. The van der Waals surface area contributed by atoms with E-state index in [4.69, 9.17) is 4.74 Å². The summed E-state index contributed by atoms with van der Waals surface area (Å²) in [4.78, 5) is 9.63. The maximum atomic E-state index is 5.95. The fourth-order valence-corrected chi connectivity index (χ4v) is 4.45. The second-order valence-corrected chi connectivity index (χ2v) is 8.41. The van der Waals surface area contributed by atoms with Crippen LogP contribution in [0.4, 0.5) is 0 Å². The lowest BCUT2D eigenvalue weighted by Gasteiger charge is -2.23. The molecule has 2 aliphatic heterocycles. The highest BCUT2D eigenvalue weighted by atomic mass is 127. The molecule has 5 nitrogen and oxygen atoms in total. The van der Waals surface area contributed by atoms with Crippen molar-refractivity contribution in [1.82, 2.24) is 15.1 Å². The molecule has 1 aromatic carbocycles. The van der Waals surface area contributed by atoms with Gasteiger partial charge in [0.05, 0.1) is 13.2 Å². The number of hydrogen-bond donors (Lipinski definition) is 1. The van der Waals surface area contributed by atoms with Gasteiger partial charge in [-0.2, -0.15) is 0 Å². The number of ether oxygens (including phenoxy) is 1. The van der Waals surface area contributed by atoms with Crippen LogP contribution in [0.15, 0.2) is 35.3 Å². The van der Waals surface area contributed by atoms with Crippen LogP contribution in [-0.2, 0) is 11.3 Å². The van der Waals surface area contributed by atoms with Crippen LogP contribution in [-0.4, -0.2) is 68.2 Å². The second-order valence-electron chi connectivity index (χ2n) is 8.41. The Morgan fingerprint density at radius 3 is 2.61 bits per heavy atom. The van der Waals surface area contributed by atoms with Gasteiger partial charge < -0.3 is 19.9 Å². The van der Waals surface area contributed by atoms with E-state index in [9.17, 15) is 0 Å². The summed E-state index contributed by atoms with van der Waals surface area (Å²) in [6.07, 6.45) is 5.36. The molecule has 2 saturated heterocycles. The first-order valence-corrected chi connectivity index (χ1v) is 10.6. The Labute approximate surface area is 186 Å².